The molecule has 0 spiro atoms. The van der Waals surface area contributed by atoms with Gasteiger partial charge in [-0.2, -0.15) is 0 Å². The van der Waals surface area contributed by atoms with Crippen molar-refractivity contribution in [3.8, 4) is 0 Å². The average molecular weight is 255 g/mol. The van der Waals surface area contributed by atoms with E-state index in [0.717, 1.165) is 25.2 Å². The number of hydrogen-bond donors (Lipinski definition) is 2. The molecule has 1 aliphatic carbocycles. The van der Waals surface area contributed by atoms with Gasteiger partial charge in [-0.15, -0.1) is 0 Å². The maximum absolute atomic E-state index is 11.0. The molecule has 3 N–H and O–H groups in total. The Balaban J connectivity index is 2.76. The molecule has 2 nitrogen and oxygen atoms in total. The summed E-state index contributed by atoms with van der Waals surface area (Å²) in [5, 5.41) is 11.0. The largest absolute Gasteiger partial charge is 0.389 e. The fourth-order valence-corrected chi connectivity index (χ4v) is 3.76. The van der Waals surface area contributed by atoms with Gasteiger partial charge in [-0.25, -0.2) is 0 Å². The Morgan fingerprint density at radius 2 is 1.89 bits per heavy atom. The molecule has 0 aromatic heterocycles. The van der Waals surface area contributed by atoms with Crippen molar-refractivity contribution in [3.63, 3.8) is 0 Å². The van der Waals surface area contributed by atoms with Crippen LogP contribution in [0.5, 0.6) is 0 Å². The van der Waals surface area contributed by atoms with Crippen molar-refractivity contribution in [2.45, 2.75) is 78.2 Å². The maximum atomic E-state index is 11.0. The third-order valence-electron chi connectivity index (χ3n) is 5.80. The fourth-order valence-electron chi connectivity index (χ4n) is 3.76. The smallest absolute Gasteiger partial charge is 0.0713 e. The van der Waals surface area contributed by atoms with Crippen molar-refractivity contribution in [2.24, 2.45) is 23.0 Å². The quantitative estimate of drug-likeness (QED) is 0.760. The molecule has 1 saturated carbocycles. The summed E-state index contributed by atoms with van der Waals surface area (Å²) in [4.78, 5) is 0. The zero-order valence-electron chi connectivity index (χ0n) is 12.8. The van der Waals surface area contributed by atoms with Crippen LogP contribution in [0.1, 0.15) is 72.6 Å². The lowest BCUT2D eigenvalue weighted by molar-refractivity contribution is -0.127. The zero-order chi connectivity index (χ0) is 13.8. The molecule has 0 aliphatic heterocycles. The summed E-state index contributed by atoms with van der Waals surface area (Å²) in [5.41, 5.74) is 5.41. The SMILES string of the molecule is CCCC1CCC(CN)(C(C)(O)C(C)CC)CC1. The van der Waals surface area contributed by atoms with Gasteiger partial charge >= 0.3 is 0 Å². The topological polar surface area (TPSA) is 46.2 Å². The van der Waals surface area contributed by atoms with E-state index in [0.29, 0.717) is 12.5 Å². The third kappa shape index (κ3) is 2.91. The van der Waals surface area contributed by atoms with E-state index in [9.17, 15) is 5.11 Å². The van der Waals surface area contributed by atoms with E-state index in [4.69, 9.17) is 5.73 Å². The molecular weight excluding hydrogens is 222 g/mol. The Morgan fingerprint density at radius 1 is 1.33 bits per heavy atom. The van der Waals surface area contributed by atoms with Gasteiger partial charge in [-0.3, -0.25) is 0 Å². The van der Waals surface area contributed by atoms with E-state index in [1.807, 2.05) is 6.92 Å². The molecule has 0 amide bonds. The summed E-state index contributed by atoms with van der Waals surface area (Å²) in [6.07, 6.45) is 8.34. The van der Waals surface area contributed by atoms with Crippen LogP contribution < -0.4 is 5.73 Å². The van der Waals surface area contributed by atoms with Crippen molar-refractivity contribution < 1.29 is 5.11 Å². The molecule has 1 fully saturated rings. The molecule has 2 heteroatoms. The van der Waals surface area contributed by atoms with Crippen LogP contribution in [0.3, 0.4) is 0 Å². The summed E-state index contributed by atoms with van der Waals surface area (Å²) in [7, 11) is 0. The second-order valence-electron chi connectivity index (χ2n) is 6.67. The highest BCUT2D eigenvalue weighted by molar-refractivity contribution is 5.01. The normalized spacial score (nSPS) is 34.0. The van der Waals surface area contributed by atoms with Gasteiger partial charge in [-0.1, -0.05) is 40.0 Å². The number of rotatable bonds is 6. The van der Waals surface area contributed by atoms with Crippen LogP contribution in [0, 0.1) is 17.3 Å². The van der Waals surface area contributed by atoms with Crippen LogP contribution >= 0.6 is 0 Å². The van der Waals surface area contributed by atoms with Crippen molar-refractivity contribution in [2.75, 3.05) is 6.54 Å². The Morgan fingerprint density at radius 3 is 2.28 bits per heavy atom. The first-order valence-electron chi connectivity index (χ1n) is 7.86. The molecule has 0 radical (unpaired) electrons. The number of hydrogen-bond acceptors (Lipinski definition) is 2. The minimum absolute atomic E-state index is 0.0489. The van der Waals surface area contributed by atoms with Crippen LogP contribution in [0.25, 0.3) is 0 Å². The molecule has 0 bridgehead atoms. The lowest BCUT2D eigenvalue weighted by atomic mass is 9.58. The van der Waals surface area contributed by atoms with E-state index < -0.39 is 5.60 Å². The van der Waals surface area contributed by atoms with Gasteiger partial charge in [0.05, 0.1) is 5.60 Å². The molecule has 0 aromatic carbocycles. The first-order valence-corrected chi connectivity index (χ1v) is 7.86. The highest BCUT2D eigenvalue weighted by Gasteiger charge is 2.49. The zero-order valence-corrected chi connectivity index (χ0v) is 12.8. The van der Waals surface area contributed by atoms with Crippen LogP contribution in [-0.4, -0.2) is 17.3 Å². The minimum atomic E-state index is -0.617. The van der Waals surface area contributed by atoms with Crippen LogP contribution in [0.15, 0.2) is 0 Å². The lowest BCUT2D eigenvalue weighted by Crippen LogP contribution is -2.55. The van der Waals surface area contributed by atoms with Gasteiger partial charge in [0.15, 0.2) is 0 Å². The third-order valence-corrected chi connectivity index (χ3v) is 5.80. The van der Waals surface area contributed by atoms with Crippen LogP contribution in [-0.2, 0) is 0 Å². The lowest BCUT2D eigenvalue weighted by Gasteiger charge is -2.51. The van der Waals surface area contributed by atoms with Crippen LogP contribution in [0.4, 0.5) is 0 Å². The highest BCUT2D eigenvalue weighted by Crippen LogP contribution is 2.49. The van der Waals surface area contributed by atoms with E-state index >= 15 is 0 Å². The van der Waals surface area contributed by atoms with Gasteiger partial charge < -0.3 is 10.8 Å². The van der Waals surface area contributed by atoms with Crippen molar-refractivity contribution in [3.05, 3.63) is 0 Å². The van der Waals surface area contributed by atoms with Crippen molar-refractivity contribution in [1.82, 2.24) is 0 Å². The Labute approximate surface area is 113 Å². The molecule has 18 heavy (non-hydrogen) atoms. The van der Waals surface area contributed by atoms with E-state index in [2.05, 4.69) is 20.8 Å². The Bertz CT molecular complexity index is 241. The standard InChI is InChI=1S/C16H33NO/c1-5-7-14-8-10-16(12-17,11-9-14)15(4,18)13(3)6-2/h13-14,18H,5-12,17H2,1-4H3. The second-order valence-corrected chi connectivity index (χ2v) is 6.67. The summed E-state index contributed by atoms with van der Waals surface area (Å²) in [5.74, 6) is 1.19. The molecule has 0 saturated heterocycles. The second kappa shape index (κ2) is 6.38. The first-order chi connectivity index (χ1) is 8.43. The molecule has 1 aliphatic rings. The first kappa shape index (κ1) is 16.0. The van der Waals surface area contributed by atoms with Gasteiger partial charge in [0.25, 0.3) is 0 Å². The molecule has 0 aromatic rings. The summed E-state index contributed by atoms with van der Waals surface area (Å²) in [6, 6.07) is 0. The average Bonchev–Trinajstić information content (AvgIpc) is 2.39. The van der Waals surface area contributed by atoms with Gasteiger partial charge in [0, 0.05) is 12.0 Å². The van der Waals surface area contributed by atoms with Gasteiger partial charge in [0.1, 0.15) is 0 Å². The minimum Gasteiger partial charge on any atom is -0.389 e. The molecule has 1 rings (SSSR count). The van der Waals surface area contributed by atoms with Gasteiger partial charge in [-0.05, 0) is 44.4 Å². The molecule has 0 heterocycles. The van der Waals surface area contributed by atoms with E-state index in [-0.39, 0.29) is 5.41 Å². The predicted octanol–water partition coefficient (Wildman–Crippen LogP) is 3.72. The monoisotopic (exact) mass is 255 g/mol. The predicted molar refractivity (Wildman–Crippen MR) is 78.4 cm³/mol. The number of nitrogens with two attached hydrogens (primary N) is 1. The fraction of sp³-hybridized carbons (Fsp3) is 1.00. The van der Waals surface area contributed by atoms with Crippen LogP contribution in [0.2, 0.25) is 0 Å². The maximum Gasteiger partial charge on any atom is 0.0713 e. The molecule has 2 unspecified atom stereocenters. The Hall–Kier alpha value is -0.0800. The highest BCUT2D eigenvalue weighted by atomic mass is 16.3. The summed E-state index contributed by atoms with van der Waals surface area (Å²) >= 11 is 0. The molecular formula is C16H33NO. The summed E-state index contributed by atoms with van der Waals surface area (Å²) < 4.78 is 0. The van der Waals surface area contributed by atoms with E-state index in [1.54, 1.807) is 0 Å². The molecule has 108 valence electrons. The van der Waals surface area contributed by atoms with Gasteiger partial charge in [0.2, 0.25) is 0 Å². The Kier molecular flexibility index (Phi) is 5.67. The molecule has 2 atom stereocenters. The van der Waals surface area contributed by atoms with Crippen molar-refractivity contribution >= 4 is 0 Å². The van der Waals surface area contributed by atoms with E-state index in [1.165, 1.54) is 25.7 Å². The van der Waals surface area contributed by atoms with Crippen molar-refractivity contribution in [1.29, 1.82) is 0 Å². The summed E-state index contributed by atoms with van der Waals surface area (Å²) in [6.45, 7) is 9.24. The number of aliphatic hydroxyl groups is 1.